The molecule has 0 atom stereocenters. The third-order valence-corrected chi connectivity index (χ3v) is 4.24. The average molecular weight is 393 g/mol. The van der Waals surface area contributed by atoms with E-state index in [-0.39, 0.29) is 17.9 Å². The molecule has 4 nitrogen and oxygen atoms in total. The van der Waals surface area contributed by atoms with Crippen molar-refractivity contribution >= 4 is 50.2 Å². The molecule has 0 aliphatic carbocycles. The van der Waals surface area contributed by atoms with E-state index >= 15 is 0 Å². The zero-order valence-corrected chi connectivity index (χ0v) is 14.1. The molecular weight excluding hydrogens is 382 g/mol. The minimum Gasteiger partial charge on any atom is -0.481 e. The lowest BCUT2D eigenvalue weighted by Crippen LogP contribution is -2.08. The fraction of sp³-hybridized carbons (Fsp3) is 0.0588. The summed E-state index contributed by atoms with van der Waals surface area (Å²) in [6.45, 7) is 0. The Morgan fingerprint density at radius 3 is 2.65 bits per heavy atom. The largest absolute Gasteiger partial charge is 0.481 e. The highest BCUT2D eigenvalue weighted by molar-refractivity contribution is 9.10. The first-order valence-electron chi connectivity index (χ1n) is 6.78. The molecule has 0 saturated carbocycles. The van der Waals surface area contributed by atoms with E-state index in [0.29, 0.717) is 27.1 Å². The Balaban J connectivity index is 2.19. The van der Waals surface area contributed by atoms with Gasteiger partial charge in [-0.3, -0.25) is 9.59 Å². The number of carboxylic acids is 1. The van der Waals surface area contributed by atoms with E-state index in [1.807, 2.05) is 6.07 Å². The van der Waals surface area contributed by atoms with Crippen LogP contribution in [0.3, 0.4) is 0 Å². The van der Waals surface area contributed by atoms with Gasteiger partial charge in [0.2, 0.25) is 5.78 Å². The molecule has 116 valence electrons. The van der Waals surface area contributed by atoms with Crippen molar-refractivity contribution in [3.63, 3.8) is 0 Å². The Kier molecular flexibility index (Phi) is 4.24. The van der Waals surface area contributed by atoms with E-state index < -0.39 is 5.97 Å². The molecule has 0 radical (unpaired) electrons. The molecule has 23 heavy (non-hydrogen) atoms. The molecule has 6 heteroatoms. The van der Waals surface area contributed by atoms with Gasteiger partial charge in [0.1, 0.15) is 0 Å². The molecule has 0 spiro atoms. The van der Waals surface area contributed by atoms with E-state index in [4.69, 9.17) is 16.7 Å². The molecule has 3 rings (SSSR count). The topological polar surface area (TPSA) is 70.2 Å². The predicted octanol–water partition coefficient (Wildman–Crippen LogP) is 4.44. The molecule has 0 unspecified atom stereocenters. The summed E-state index contributed by atoms with van der Waals surface area (Å²) >= 11 is 9.31. The molecule has 0 saturated heterocycles. The molecule has 0 fully saturated rings. The number of benzene rings is 2. The highest BCUT2D eigenvalue weighted by Crippen LogP contribution is 2.28. The second-order valence-corrected chi connectivity index (χ2v) is 6.43. The number of aromatic amines is 1. The monoisotopic (exact) mass is 391 g/mol. The summed E-state index contributed by atoms with van der Waals surface area (Å²) in [4.78, 5) is 27.0. The van der Waals surface area contributed by atoms with Gasteiger partial charge in [-0.15, -0.1) is 0 Å². The normalized spacial score (nSPS) is 10.9. The number of fused-ring (bicyclic) bond motifs is 1. The number of carbonyl (C=O) groups excluding carboxylic acids is 1. The Morgan fingerprint density at radius 1 is 1.17 bits per heavy atom. The van der Waals surface area contributed by atoms with Crippen LogP contribution in [-0.4, -0.2) is 21.8 Å². The molecule has 1 aromatic heterocycles. The highest BCUT2D eigenvalue weighted by atomic mass is 79.9. The van der Waals surface area contributed by atoms with Crippen molar-refractivity contribution < 1.29 is 14.7 Å². The van der Waals surface area contributed by atoms with Gasteiger partial charge in [-0.2, -0.15) is 0 Å². The summed E-state index contributed by atoms with van der Waals surface area (Å²) in [5, 5.41) is 10.4. The van der Waals surface area contributed by atoms with Crippen molar-refractivity contribution in [2.24, 2.45) is 0 Å². The number of carbonyl (C=O) groups is 2. The smallest absolute Gasteiger partial charge is 0.307 e. The summed E-state index contributed by atoms with van der Waals surface area (Å²) in [6, 6.07) is 12.1. The van der Waals surface area contributed by atoms with Gasteiger partial charge in [0.05, 0.1) is 12.1 Å². The molecule has 0 bridgehead atoms. The number of ketones is 1. The van der Waals surface area contributed by atoms with E-state index in [2.05, 4.69) is 20.9 Å². The molecule has 3 aromatic rings. The van der Waals surface area contributed by atoms with Crippen molar-refractivity contribution in [2.45, 2.75) is 6.42 Å². The Bertz CT molecular complexity index is 933. The standard InChI is InChI=1S/C17H11BrClNO3/c18-10-3-1-2-9(6-10)17(23)16-13(8-15(21)22)12-5-4-11(19)7-14(12)20-16/h1-7,20H,8H2,(H,21,22). The Morgan fingerprint density at radius 2 is 1.96 bits per heavy atom. The van der Waals surface area contributed by atoms with Crippen molar-refractivity contribution in [3.05, 3.63) is 68.8 Å². The van der Waals surface area contributed by atoms with Gasteiger partial charge >= 0.3 is 5.97 Å². The third kappa shape index (κ3) is 3.16. The van der Waals surface area contributed by atoms with Crippen molar-refractivity contribution in [3.8, 4) is 0 Å². The van der Waals surface area contributed by atoms with Gasteiger partial charge in [-0.25, -0.2) is 0 Å². The van der Waals surface area contributed by atoms with Crippen LogP contribution in [0.2, 0.25) is 5.02 Å². The Hall–Kier alpha value is -2.11. The molecule has 0 aliphatic heterocycles. The maximum Gasteiger partial charge on any atom is 0.307 e. The van der Waals surface area contributed by atoms with E-state index in [0.717, 1.165) is 4.47 Å². The van der Waals surface area contributed by atoms with Gasteiger partial charge in [0.15, 0.2) is 0 Å². The maximum absolute atomic E-state index is 12.8. The summed E-state index contributed by atoms with van der Waals surface area (Å²) in [7, 11) is 0. The number of aromatic nitrogens is 1. The summed E-state index contributed by atoms with van der Waals surface area (Å²) in [5.74, 6) is -1.25. The first kappa shape index (κ1) is 15.8. The first-order valence-corrected chi connectivity index (χ1v) is 7.95. The second kappa shape index (κ2) is 6.18. The van der Waals surface area contributed by atoms with Crippen LogP contribution >= 0.6 is 27.5 Å². The van der Waals surface area contributed by atoms with Crippen LogP contribution in [0.25, 0.3) is 10.9 Å². The highest BCUT2D eigenvalue weighted by Gasteiger charge is 2.21. The number of carboxylic acid groups (broad SMARTS) is 1. The van der Waals surface area contributed by atoms with Gasteiger partial charge in [0.25, 0.3) is 0 Å². The van der Waals surface area contributed by atoms with E-state index in [1.165, 1.54) is 0 Å². The van der Waals surface area contributed by atoms with Gasteiger partial charge in [-0.05, 0) is 24.3 Å². The lowest BCUT2D eigenvalue weighted by atomic mass is 10.0. The van der Waals surface area contributed by atoms with Gasteiger partial charge in [-0.1, -0.05) is 45.7 Å². The summed E-state index contributed by atoms with van der Waals surface area (Å²) in [6.07, 6.45) is -0.239. The van der Waals surface area contributed by atoms with Crippen LogP contribution in [0.1, 0.15) is 21.6 Å². The second-order valence-electron chi connectivity index (χ2n) is 5.08. The maximum atomic E-state index is 12.8. The third-order valence-electron chi connectivity index (χ3n) is 3.51. The molecule has 0 aliphatic rings. The number of nitrogens with one attached hydrogen (secondary N) is 1. The van der Waals surface area contributed by atoms with E-state index in [9.17, 15) is 9.59 Å². The van der Waals surface area contributed by atoms with Crippen LogP contribution < -0.4 is 0 Å². The van der Waals surface area contributed by atoms with E-state index in [1.54, 1.807) is 36.4 Å². The average Bonchev–Trinajstić information content (AvgIpc) is 2.83. The molecule has 2 aromatic carbocycles. The Labute approximate surface area is 145 Å². The summed E-state index contributed by atoms with van der Waals surface area (Å²) < 4.78 is 0.780. The SMILES string of the molecule is O=C(O)Cc1c(C(=O)c2cccc(Br)c2)[nH]c2cc(Cl)ccc12. The number of hydrogen-bond acceptors (Lipinski definition) is 2. The number of H-pyrrole nitrogens is 1. The fourth-order valence-electron chi connectivity index (χ4n) is 2.53. The van der Waals surface area contributed by atoms with Gasteiger partial charge < -0.3 is 10.1 Å². The first-order chi connectivity index (χ1) is 11.0. The molecule has 0 amide bonds. The van der Waals surface area contributed by atoms with Crippen LogP contribution in [0, 0.1) is 0 Å². The van der Waals surface area contributed by atoms with Crippen molar-refractivity contribution in [1.29, 1.82) is 0 Å². The molecule has 2 N–H and O–H groups in total. The zero-order chi connectivity index (χ0) is 16.6. The zero-order valence-electron chi connectivity index (χ0n) is 11.8. The lowest BCUT2D eigenvalue weighted by molar-refractivity contribution is -0.136. The number of hydrogen-bond donors (Lipinski definition) is 2. The minimum atomic E-state index is -0.996. The van der Waals surface area contributed by atoms with Crippen LogP contribution in [-0.2, 0) is 11.2 Å². The number of rotatable bonds is 4. The quantitative estimate of drug-likeness (QED) is 0.645. The fourth-order valence-corrected chi connectivity index (χ4v) is 3.10. The molecule has 1 heterocycles. The van der Waals surface area contributed by atoms with Crippen LogP contribution in [0.15, 0.2) is 46.9 Å². The lowest BCUT2D eigenvalue weighted by Gasteiger charge is -2.03. The number of halogens is 2. The molecular formula is C17H11BrClNO3. The minimum absolute atomic E-state index is 0.239. The van der Waals surface area contributed by atoms with Crippen LogP contribution in [0.5, 0.6) is 0 Å². The van der Waals surface area contributed by atoms with Gasteiger partial charge in [0, 0.05) is 31.5 Å². The van der Waals surface area contributed by atoms with Crippen molar-refractivity contribution in [1.82, 2.24) is 4.98 Å². The number of aliphatic carboxylic acids is 1. The summed E-state index contributed by atoms with van der Waals surface area (Å²) in [5.41, 5.74) is 1.87. The van der Waals surface area contributed by atoms with Crippen LogP contribution in [0.4, 0.5) is 0 Å². The predicted molar refractivity (Wildman–Crippen MR) is 92.2 cm³/mol. The van der Waals surface area contributed by atoms with Crippen molar-refractivity contribution in [2.75, 3.05) is 0 Å².